The van der Waals surface area contributed by atoms with Gasteiger partial charge in [0.05, 0.1) is 21.1 Å². The second-order valence-electron chi connectivity index (χ2n) is 4.67. The third-order valence-corrected chi connectivity index (χ3v) is 4.16. The first-order valence-electron chi connectivity index (χ1n) is 6.21. The maximum atomic E-state index is 6.29. The Hall–Kier alpha value is -2.24. The highest BCUT2D eigenvalue weighted by Crippen LogP contribution is 2.34. The van der Waals surface area contributed by atoms with E-state index in [0.717, 1.165) is 16.6 Å². The summed E-state index contributed by atoms with van der Waals surface area (Å²) in [5.41, 5.74) is 8.96. The number of imidazole rings is 1. The Bertz CT molecular complexity index is 986. The zero-order chi connectivity index (χ0) is 14.6. The van der Waals surface area contributed by atoms with Gasteiger partial charge in [-0.3, -0.25) is 4.40 Å². The van der Waals surface area contributed by atoms with Gasteiger partial charge in [-0.25, -0.2) is 10.1 Å². The molecule has 104 valence electrons. The predicted molar refractivity (Wildman–Crippen MR) is 84.7 cm³/mol. The van der Waals surface area contributed by atoms with Gasteiger partial charge in [-0.05, 0) is 30.3 Å². The van der Waals surface area contributed by atoms with E-state index in [4.69, 9.17) is 28.9 Å². The zero-order valence-corrected chi connectivity index (χ0v) is 12.2. The molecule has 2 aromatic carbocycles. The fourth-order valence-corrected chi connectivity index (χ4v) is 2.78. The van der Waals surface area contributed by atoms with Gasteiger partial charge in [-0.15, -0.1) is 0 Å². The van der Waals surface area contributed by atoms with Crippen molar-refractivity contribution < 1.29 is 0 Å². The Morgan fingerprint density at radius 1 is 1.14 bits per heavy atom. The Labute approximate surface area is 129 Å². The van der Waals surface area contributed by atoms with Gasteiger partial charge in [0.15, 0.2) is 5.82 Å². The number of nitrogens with zero attached hydrogens (tertiary/aromatic N) is 3. The third-order valence-electron chi connectivity index (χ3n) is 3.34. The number of nitrogens with two attached hydrogens (primary N) is 1. The average molecular weight is 318 g/mol. The highest BCUT2D eigenvalue weighted by molar-refractivity contribution is 6.43. The number of aromatic nitrogens is 4. The summed E-state index contributed by atoms with van der Waals surface area (Å²) in [7, 11) is 0. The van der Waals surface area contributed by atoms with E-state index in [2.05, 4.69) is 15.2 Å². The molecule has 0 spiro atoms. The number of anilines is 1. The quantitative estimate of drug-likeness (QED) is 0.525. The van der Waals surface area contributed by atoms with Crippen LogP contribution in [0.5, 0.6) is 0 Å². The van der Waals surface area contributed by atoms with Crippen molar-refractivity contribution in [2.45, 2.75) is 0 Å². The van der Waals surface area contributed by atoms with Crippen molar-refractivity contribution in [3.05, 3.63) is 46.4 Å². The number of benzene rings is 2. The van der Waals surface area contributed by atoms with Crippen LogP contribution in [0.4, 0.5) is 5.69 Å². The zero-order valence-electron chi connectivity index (χ0n) is 10.6. The minimum absolute atomic E-state index is 0.457. The lowest BCUT2D eigenvalue weighted by atomic mass is 10.2. The number of nitrogens with one attached hydrogen (secondary N) is 1. The summed E-state index contributed by atoms with van der Waals surface area (Å²) in [4.78, 5) is 4.47. The highest BCUT2D eigenvalue weighted by atomic mass is 35.5. The van der Waals surface area contributed by atoms with E-state index >= 15 is 0 Å². The molecular weight excluding hydrogens is 309 g/mol. The Kier molecular flexibility index (Phi) is 2.60. The van der Waals surface area contributed by atoms with Gasteiger partial charge in [-0.1, -0.05) is 29.3 Å². The molecule has 0 aliphatic rings. The molecule has 2 aromatic heterocycles. The summed E-state index contributed by atoms with van der Waals surface area (Å²) in [5.74, 6) is 1.27. The minimum Gasteiger partial charge on any atom is -0.399 e. The lowest BCUT2D eigenvalue weighted by Gasteiger charge is -2.04. The molecule has 7 heteroatoms. The maximum absolute atomic E-state index is 6.29. The van der Waals surface area contributed by atoms with Crippen molar-refractivity contribution in [2.24, 2.45) is 0 Å². The van der Waals surface area contributed by atoms with Crippen LogP contribution >= 0.6 is 23.2 Å². The average Bonchev–Trinajstić information content (AvgIpc) is 3.01. The number of aromatic amines is 1. The minimum atomic E-state index is 0.457. The van der Waals surface area contributed by atoms with Gasteiger partial charge in [0.1, 0.15) is 0 Å². The number of H-pyrrole nitrogens is 1. The summed E-state index contributed by atoms with van der Waals surface area (Å²) in [6.07, 6.45) is 0. The van der Waals surface area contributed by atoms with Crippen molar-refractivity contribution in [1.82, 2.24) is 19.6 Å². The monoisotopic (exact) mass is 317 g/mol. The number of hydrogen-bond donors (Lipinski definition) is 2. The van der Waals surface area contributed by atoms with E-state index in [0.29, 0.717) is 27.3 Å². The van der Waals surface area contributed by atoms with E-state index in [1.807, 2.05) is 34.7 Å². The fourth-order valence-electron chi connectivity index (χ4n) is 2.39. The van der Waals surface area contributed by atoms with Crippen molar-refractivity contribution in [1.29, 1.82) is 0 Å². The first-order valence-corrected chi connectivity index (χ1v) is 6.97. The number of hydrogen-bond acceptors (Lipinski definition) is 3. The first-order chi connectivity index (χ1) is 10.1. The van der Waals surface area contributed by atoms with Crippen molar-refractivity contribution >= 4 is 45.7 Å². The molecule has 0 bridgehead atoms. The lowest BCUT2D eigenvalue weighted by molar-refractivity contribution is 1.10. The smallest absolute Gasteiger partial charge is 0.230 e. The molecule has 0 atom stereocenters. The topological polar surface area (TPSA) is 72.0 Å². The predicted octanol–water partition coefficient (Wildman–Crippen LogP) is 3.77. The van der Waals surface area contributed by atoms with Crippen LogP contribution in [0.3, 0.4) is 0 Å². The van der Waals surface area contributed by atoms with E-state index in [9.17, 15) is 0 Å². The molecule has 0 saturated carbocycles. The molecule has 0 amide bonds. The van der Waals surface area contributed by atoms with E-state index in [1.54, 1.807) is 6.07 Å². The van der Waals surface area contributed by atoms with E-state index < -0.39 is 0 Å². The van der Waals surface area contributed by atoms with Gasteiger partial charge >= 0.3 is 0 Å². The van der Waals surface area contributed by atoms with Gasteiger partial charge in [-0.2, -0.15) is 5.10 Å². The molecule has 21 heavy (non-hydrogen) atoms. The van der Waals surface area contributed by atoms with E-state index in [-0.39, 0.29) is 0 Å². The summed E-state index contributed by atoms with van der Waals surface area (Å²) in [5, 5.41) is 8.14. The standard InChI is InChI=1S/C14H9Cl2N5/c15-9-3-1-2-8(12(9)16)13-19-20-14-18-10-5-4-7(17)6-11(10)21(13)14/h1-6H,17H2,(H,18,20). The molecule has 0 radical (unpaired) electrons. The van der Waals surface area contributed by atoms with Crippen LogP contribution in [0, 0.1) is 0 Å². The normalized spacial score (nSPS) is 11.5. The van der Waals surface area contributed by atoms with E-state index in [1.165, 1.54) is 0 Å². The largest absolute Gasteiger partial charge is 0.399 e. The number of rotatable bonds is 1. The van der Waals surface area contributed by atoms with Crippen LogP contribution in [-0.4, -0.2) is 19.6 Å². The van der Waals surface area contributed by atoms with Gasteiger partial charge in [0.2, 0.25) is 5.78 Å². The first kappa shape index (κ1) is 12.5. The second kappa shape index (κ2) is 4.38. The summed E-state index contributed by atoms with van der Waals surface area (Å²) < 4.78 is 1.88. The third kappa shape index (κ3) is 1.78. The van der Waals surface area contributed by atoms with Gasteiger partial charge in [0.25, 0.3) is 0 Å². The number of fused-ring (bicyclic) bond motifs is 3. The van der Waals surface area contributed by atoms with Crippen LogP contribution in [0.2, 0.25) is 10.0 Å². The molecule has 2 heterocycles. The molecular formula is C14H9Cl2N5. The van der Waals surface area contributed by atoms with Crippen LogP contribution in [-0.2, 0) is 0 Å². The van der Waals surface area contributed by atoms with Gasteiger partial charge in [0, 0.05) is 11.3 Å². The SMILES string of the molecule is Nc1ccc2nc3[nH]nc(-c4cccc(Cl)c4Cl)n3c2c1. The maximum Gasteiger partial charge on any atom is 0.230 e. The molecule has 0 aliphatic carbocycles. The lowest BCUT2D eigenvalue weighted by Crippen LogP contribution is -1.90. The Morgan fingerprint density at radius 3 is 2.86 bits per heavy atom. The molecule has 3 N–H and O–H groups in total. The Morgan fingerprint density at radius 2 is 2.00 bits per heavy atom. The molecule has 0 aliphatic heterocycles. The molecule has 0 unspecified atom stereocenters. The van der Waals surface area contributed by atoms with Gasteiger partial charge < -0.3 is 5.73 Å². The van der Waals surface area contributed by atoms with Crippen molar-refractivity contribution in [3.8, 4) is 11.4 Å². The molecule has 4 aromatic rings. The number of halogens is 2. The van der Waals surface area contributed by atoms with Crippen LogP contribution < -0.4 is 5.73 Å². The molecule has 0 fully saturated rings. The van der Waals surface area contributed by atoms with Crippen LogP contribution in [0.15, 0.2) is 36.4 Å². The Balaban J connectivity index is 2.12. The van der Waals surface area contributed by atoms with Crippen LogP contribution in [0.25, 0.3) is 28.2 Å². The highest BCUT2D eigenvalue weighted by Gasteiger charge is 2.16. The second-order valence-corrected chi connectivity index (χ2v) is 5.45. The fraction of sp³-hybridized carbons (Fsp3) is 0. The van der Waals surface area contributed by atoms with Crippen molar-refractivity contribution in [2.75, 3.05) is 5.73 Å². The van der Waals surface area contributed by atoms with Crippen LogP contribution in [0.1, 0.15) is 0 Å². The number of nitrogen functional groups attached to an aromatic ring is 1. The summed E-state index contributed by atoms with van der Waals surface area (Å²) in [6, 6.07) is 11.0. The summed E-state index contributed by atoms with van der Waals surface area (Å²) >= 11 is 12.4. The summed E-state index contributed by atoms with van der Waals surface area (Å²) in [6.45, 7) is 0. The molecule has 0 saturated heterocycles. The molecule has 5 nitrogen and oxygen atoms in total. The molecule has 4 rings (SSSR count). The van der Waals surface area contributed by atoms with Crippen molar-refractivity contribution in [3.63, 3.8) is 0 Å².